The summed E-state index contributed by atoms with van der Waals surface area (Å²) in [5.41, 5.74) is 1.08. The molecule has 1 N–H and O–H groups in total. The Morgan fingerprint density at radius 1 is 1.05 bits per heavy atom. The van der Waals surface area contributed by atoms with Crippen LogP contribution in [0.15, 0.2) is 71.9 Å². The Bertz CT molecular complexity index is 1700. The molecule has 0 aliphatic carbocycles. The fraction of sp³-hybridized carbons (Fsp3) is 0.276. The van der Waals surface area contributed by atoms with Crippen LogP contribution in [0, 0.1) is 18.6 Å². The van der Waals surface area contributed by atoms with Crippen molar-refractivity contribution in [3.05, 3.63) is 99.6 Å². The van der Waals surface area contributed by atoms with Crippen molar-refractivity contribution in [3.63, 3.8) is 0 Å². The van der Waals surface area contributed by atoms with E-state index in [0.717, 1.165) is 10.4 Å². The van der Waals surface area contributed by atoms with Crippen molar-refractivity contribution in [2.45, 2.75) is 38.5 Å². The minimum Gasteiger partial charge on any atom is -0.388 e. The van der Waals surface area contributed by atoms with Gasteiger partial charge in [0.05, 0.1) is 24.0 Å². The zero-order valence-electron chi connectivity index (χ0n) is 21.3. The van der Waals surface area contributed by atoms with Crippen LogP contribution >= 0.6 is 11.3 Å². The third kappa shape index (κ3) is 5.15. The van der Waals surface area contributed by atoms with E-state index in [9.17, 15) is 18.7 Å². The number of aliphatic hydroxyl groups is 1. The Kier molecular flexibility index (Phi) is 6.62. The second kappa shape index (κ2) is 10.1. The van der Waals surface area contributed by atoms with Gasteiger partial charge in [0, 0.05) is 35.0 Å². The lowest BCUT2D eigenvalue weighted by Crippen LogP contribution is -2.47. The summed E-state index contributed by atoms with van der Waals surface area (Å²) in [5.74, 6) is -0.594. The number of hydrogen-bond acceptors (Lipinski definition) is 6. The molecule has 5 aromatic rings. The molecule has 3 aromatic heterocycles. The van der Waals surface area contributed by atoms with Crippen LogP contribution in [0.1, 0.15) is 23.3 Å². The minimum atomic E-state index is -1.08. The highest BCUT2D eigenvalue weighted by Gasteiger charge is 2.33. The Hall–Kier alpha value is -3.73. The van der Waals surface area contributed by atoms with E-state index in [1.165, 1.54) is 38.8 Å². The van der Waals surface area contributed by atoms with Gasteiger partial charge in [0.25, 0.3) is 5.56 Å². The molecule has 1 saturated heterocycles. The number of halogens is 2. The molecular weight excluding hydrogens is 520 g/mol. The number of thiophene rings is 1. The average molecular weight is 548 g/mol. The van der Waals surface area contributed by atoms with Gasteiger partial charge in [-0.25, -0.2) is 18.4 Å². The first kappa shape index (κ1) is 25.5. The van der Waals surface area contributed by atoms with Crippen LogP contribution < -0.4 is 5.56 Å². The van der Waals surface area contributed by atoms with Crippen LogP contribution in [0.3, 0.4) is 0 Å². The van der Waals surface area contributed by atoms with E-state index in [0.29, 0.717) is 54.8 Å². The van der Waals surface area contributed by atoms with Crippen molar-refractivity contribution in [2.75, 3.05) is 13.1 Å². The summed E-state index contributed by atoms with van der Waals surface area (Å²) in [6.07, 6.45) is 3.75. The topological polar surface area (TPSA) is 76.2 Å². The van der Waals surface area contributed by atoms with E-state index in [4.69, 9.17) is 0 Å². The highest BCUT2D eigenvalue weighted by atomic mass is 32.1. The largest absolute Gasteiger partial charge is 0.388 e. The molecule has 39 heavy (non-hydrogen) atoms. The highest BCUT2D eigenvalue weighted by Crippen LogP contribution is 2.30. The first-order valence-electron chi connectivity index (χ1n) is 12.8. The van der Waals surface area contributed by atoms with Crippen molar-refractivity contribution in [1.82, 2.24) is 24.2 Å². The summed E-state index contributed by atoms with van der Waals surface area (Å²) in [6, 6.07) is 15.2. The number of benzene rings is 2. The lowest BCUT2D eigenvalue weighted by Gasteiger charge is -2.38. The lowest BCUT2D eigenvalue weighted by atomic mass is 9.91. The van der Waals surface area contributed by atoms with Gasteiger partial charge in [-0.1, -0.05) is 12.1 Å². The highest BCUT2D eigenvalue weighted by molar-refractivity contribution is 7.15. The molecule has 7 nitrogen and oxygen atoms in total. The molecule has 6 rings (SSSR count). The van der Waals surface area contributed by atoms with Crippen LogP contribution in [0.5, 0.6) is 0 Å². The number of aromatic nitrogens is 4. The van der Waals surface area contributed by atoms with E-state index in [-0.39, 0.29) is 23.7 Å². The zero-order chi connectivity index (χ0) is 27.1. The molecule has 10 heteroatoms. The number of hydrogen-bond donors (Lipinski definition) is 1. The maximum atomic E-state index is 14.9. The van der Waals surface area contributed by atoms with Crippen LogP contribution in [-0.4, -0.2) is 48.0 Å². The smallest absolute Gasteiger partial charge is 0.264 e. The normalized spacial score (nSPS) is 15.7. The van der Waals surface area contributed by atoms with E-state index in [2.05, 4.69) is 15.0 Å². The van der Waals surface area contributed by atoms with Gasteiger partial charge >= 0.3 is 0 Å². The fourth-order valence-corrected chi connectivity index (χ4v) is 5.96. The van der Waals surface area contributed by atoms with Crippen LogP contribution in [0.2, 0.25) is 0 Å². The Labute approximate surface area is 227 Å². The predicted octanol–water partition coefficient (Wildman–Crippen LogP) is 4.92. The molecular formula is C29H27F2N5O2S. The molecule has 1 aliphatic heterocycles. The molecule has 2 aromatic carbocycles. The predicted molar refractivity (Wildman–Crippen MR) is 147 cm³/mol. The van der Waals surface area contributed by atoms with Crippen molar-refractivity contribution >= 4 is 22.4 Å². The van der Waals surface area contributed by atoms with E-state index in [1.54, 1.807) is 29.5 Å². The average Bonchev–Trinajstić information content (AvgIpc) is 3.56. The van der Waals surface area contributed by atoms with Crippen molar-refractivity contribution in [1.29, 1.82) is 0 Å². The van der Waals surface area contributed by atoms with Gasteiger partial charge in [-0.15, -0.1) is 11.3 Å². The number of fused-ring (bicyclic) bond motifs is 1. The monoisotopic (exact) mass is 547 g/mol. The molecule has 200 valence electrons. The molecule has 0 amide bonds. The van der Waals surface area contributed by atoms with Gasteiger partial charge in [0.2, 0.25) is 0 Å². The first-order valence-corrected chi connectivity index (χ1v) is 13.6. The minimum absolute atomic E-state index is 0.105. The molecule has 0 saturated carbocycles. The maximum absolute atomic E-state index is 14.9. The van der Waals surface area contributed by atoms with Crippen molar-refractivity contribution < 1.29 is 13.9 Å². The number of piperidine rings is 1. The maximum Gasteiger partial charge on any atom is 0.264 e. The molecule has 0 unspecified atom stereocenters. The van der Waals surface area contributed by atoms with Crippen molar-refractivity contribution in [3.8, 4) is 16.1 Å². The third-order valence-electron chi connectivity index (χ3n) is 7.35. The van der Waals surface area contributed by atoms with Crippen molar-refractivity contribution in [2.24, 2.45) is 0 Å². The summed E-state index contributed by atoms with van der Waals surface area (Å²) in [4.78, 5) is 21.9. The molecule has 1 aliphatic rings. The van der Waals surface area contributed by atoms with Crippen LogP contribution in [0.4, 0.5) is 8.78 Å². The van der Waals surface area contributed by atoms with E-state index in [1.807, 2.05) is 31.2 Å². The molecule has 1 fully saturated rings. The third-order valence-corrected chi connectivity index (χ3v) is 8.40. The Morgan fingerprint density at radius 2 is 1.82 bits per heavy atom. The van der Waals surface area contributed by atoms with E-state index < -0.39 is 5.60 Å². The summed E-state index contributed by atoms with van der Waals surface area (Å²) >= 11 is 1.64. The van der Waals surface area contributed by atoms with E-state index >= 15 is 0 Å². The van der Waals surface area contributed by atoms with Gasteiger partial charge in [0.15, 0.2) is 5.65 Å². The quantitative estimate of drug-likeness (QED) is 0.327. The second-order valence-electron chi connectivity index (χ2n) is 10.2. The van der Waals surface area contributed by atoms with Gasteiger partial charge in [0.1, 0.15) is 23.3 Å². The first-order chi connectivity index (χ1) is 18.8. The number of likely N-dealkylation sites (tertiary alicyclic amines) is 1. The SMILES string of the molecule is Cc1ccc(-c2ccc(CN3CCC(O)(Cn4cnc5c(cnn5-c5ccc(F)cc5)c4=O)CC3)c(F)c2)s1. The summed E-state index contributed by atoms with van der Waals surface area (Å²) in [5, 5.41) is 15.9. The standard InChI is InChI=1S/C29H27F2N5O2S/c1-19-2-9-26(39-19)20-3-4-21(25(31)14-20)16-34-12-10-29(38,11-13-34)17-35-18-32-27-24(28(35)37)15-33-36(27)23-7-5-22(30)6-8-23/h2-9,14-15,18,38H,10-13,16-17H2,1H3. The summed E-state index contributed by atoms with van der Waals surface area (Å²) in [7, 11) is 0. The van der Waals surface area contributed by atoms with Crippen LogP contribution in [0.25, 0.3) is 27.2 Å². The summed E-state index contributed by atoms with van der Waals surface area (Å²) in [6.45, 7) is 3.75. The lowest BCUT2D eigenvalue weighted by molar-refractivity contribution is -0.0366. The van der Waals surface area contributed by atoms with Gasteiger partial charge in [-0.05, 0) is 67.8 Å². The molecule has 0 atom stereocenters. The number of nitrogens with zero attached hydrogens (tertiary/aromatic N) is 5. The summed E-state index contributed by atoms with van der Waals surface area (Å²) < 4.78 is 31.1. The molecule has 4 heterocycles. The van der Waals surface area contributed by atoms with Gasteiger partial charge in [-0.3, -0.25) is 14.3 Å². The Morgan fingerprint density at radius 3 is 2.51 bits per heavy atom. The Balaban J connectivity index is 1.12. The molecule has 0 bridgehead atoms. The molecule has 0 radical (unpaired) electrons. The molecule has 0 spiro atoms. The number of rotatable bonds is 6. The van der Waals surface area contributed by atoms with Crippen LogP contribution in [-0.2, 0) is 13.1 Å². The second-order valence-corrected chi connectivity index (χ2v) is 11.5. The fourth-order valence-electron chi connectivity index (χ4n) is 5.09. The zero-order valence-corrected chi connectivity index (χ0v) is 22.2. The van der Waals surface area contributed by atoms with Gasteiger partial charge in [-0.2, -0.15) is 5.10 Å². The number of aryl methyl sites for hydroxylation is 1. The van der Waals surface area contributed by atoms with Gasteiger partial charge < -0.3 is 5.11 Å².